The lowest BCUT2D eigenvalue weighted by Crippen LogP contribution is -2.17. The first-order chi connectivity index (χ1) is 6.96. The largest absolute Gasteiger partial charge is 0.477 e. The first-order valence-corrected chi connectivity index (χ1v) is 6.80. The van der Waals surface area contributed by atoms with Crippen LogP contribution in [-0.2, 0) is 10.0 Å². The van der Waals surface area contributed by atoms with Gasteiger partial charge in [-0.2, -0.15) is 0 Å². The molecule has 15 heavy (non-hydrogen) atoms. The highest BCUT2D eigenvalue weighted by atomic mass is 32.2. The summed E-state index contributed by atoms with van der Waals surface area (Å²) in [5, 5.41) is 10.3. The third-order valence-electron chi connectivity index (χ3n) is 1.60. The van der Waals surface area contributed by atoms with Gasteiger partial charge in [0.15, 0.2) is 0 Å². The van der Waals surface area contributed by atoms with Crippen LogP contribution in [0.1, 0.15) is 23.0 Å². The van der Waals surface area contributed by atoms with Gasteiger partial charge in [-0.05, 0) is 17.9 Å². The van der Waals surface area contributed by atoms with Crippen LogP contribution in [0.2, 0.25) is 0 Å². The number of carboxylic acid groups (broad SMARTS) is 1. The van der Waals surface area contributed by atoms with E-state index in [0.29, 0.717) is 6.42 Å². The van der Waals surface area contributed by atoms with E-state index < -0.39 is 16.0 Å². The minimum atomic E-state index is -3.42. The maximum Gasteiger partial charge on any atom is 0.348 e. The number of carbonyl (C=O) groups is 1. The Balaban J connectivity index is 2.90. The van der Waals surface area contributed by atoms with Crippen LogP contribution in [-0.4, -0.2) is 25.2 Å². The lowest BCUT2D eigenvalue weighted by Gasteiger charge is -2.05. The summed E-state index contributed by atoms with van der Waals surface area (Å²) in [7, 11) is -3.42. The summed E-state index contributed by atoms with van der Waals surface area (Å²) in [6.07, 6.45) is 0.488. The molecule has 0 spiro atoms. The van der Waals surface area contributed by atoms with Crippen molar-refractivity contribution in [1.29, 1.82) is 0 Å². The molecule has 0 saturated heterocycles. The smallest absolute Gasteiger partial charge is 0.348 e. The Morgan fingerprint density at radius 3 is 2.80 bits per heavy atom. The van der Waals surface area contributed by atoms with Crippen molar-refractivity contribution < 1.29 is 18.3 Å². The van der Waals surface area contributed by atoms with E-state index in [9.17, 15) is 13.2 Å². The molecule has 0 aliphatic rings. The summed E-state index contributed by atoms with van der Waals surface area (Å²) < 4.78 is 25.0. The van der Waals surface area contributed by atoms with Gasteiger partial charge in [-0.15, -0.1) is 11.3 Å². The first kappa shape index (κ1) is 12.0. The standard InChI is InChI=1S/C8H11NO4S2/c1-2-5-15(12,13)9-6-3-4-14-7(6)8(10)11/h3-4,9H,2,5H2,1H3,(H,10,11). The Morgan fingerprint density at radius 1 is 1.60 bits per heavy atom. The molecule has 1 aromatic heterocycles. The number of hydrogen-bond acceptors (Lipinski definition) is 4. The molecule has 0 unspecified atom stereocenters. The Kier molecular flexibility index (Phi) is 3.70. The van der Waals surface area contributed by atoms with Crippen molar-refractivity contribution in [3.05, 3.63) is 16.3 Å². The summed E-state index contributed by atoms with van der Waals surface area (Å²) in [6.45, 7) is 1.74. The van der Waals surface area contributed by atoms with Crippen LogP contribution in [0.3, 0.4) is 0 Å². The Hall–Kier alpha value is -1.08. The van der Waals surface area contributed by atoms with Gasteiger partial charge in [0.1, 0.15) is 4.88 Å². The third-order valence-corrected chi connectivity index (χ3v) is 3.98. The van der Waals surface area contributed by atoms with Crippen molar-refractivity contribution >= 4 is 33.0 Å². The third kappa shape index (κ3) is 3.21. The van der Waals surface area contributed by atoms with Crippen LogP contribution in [0, 0.1) is 0 Å². The van der Waals surface area contributed by atoms with E-state index in [1.54, 1.807) is 6.92 Å². The maximum atomic E-state index is 11.4. The van der Waals surface area contributed by atoms with Gasteiger partial charge in [0.05, 0.1) is 11.4 Å². The molecular formula is C8H11NO4S2. The van der Waals surface area contributed by atoms with Gasteiger partial charge in [0.2, 0.25) is 10.0 Å². The fraction of sp³-hybridized carbons (Fsp3) is 0.375. The fourth-order valence-electron chi connectivity index (χ4n) is 1.04. The molecule has 7 heteroatoms. The maximum absolute atomic E-state index is 11.4. The number of sulfonamides is 1. The lowest BCUT2D eigenvalue weighted by molar-refractivity contribution is 0.0703. The molecule has 0 radical (unpaired) electrons. The van der Waals surface area contributed by atoms with Crippen molar-refractivity contribution in [2.45, 2.75) is 13.3 Å². The summed E-state index contributed by atoms with van der Waals surface area (Å²) in [5.41, 5.74) is 0.140. The number of carboxylic acids is 1. The van der Waals surface area contributed by atoms with Crippen LogP contribution in [0.5, 0.6) is 0 Å². The van der Waals surface area contributed by atoms with Crippen LogP contribution in [0.4, 0.5) is 5.69 Å². The fourth-order valence-corrected chi connectivity index (χ4v) is 2.94. The van der Waals surface area contributed by atoms with Gasteiger partial charge < -0.3 is 5.11 Å². The van der Waals surface area contributed by atoms with Crippen molar-refractivity contribution in [3.8, 4) is 0 Å². The quantitative estimate of drug-likeness (QED) is 0.830. The van der Waals surface area contributed by atoms with Gasteiger partial charge in [0, 0.05) is 0 Å². The van der Waals surface area contributed by atoms with Crippen molar-refractivity contribution in [3.63, 3.8) is 0 Å². The lowest BCUT2D eigenvalue weighted by atomic mass is 10.4. The van der Waals surface area contributed by atoms with Gasteiger partial charge in [-0.3, -0.25) is 4.72 Å². The number of thiophene rings is 1. The zero-order valence-electron chi connectivity index (χ0n) is 8.06. The van der Waals surface area contributed by atoms with Gasteiger partial charge in [-0.25, -0.2) is 13.2 Å². The van der Waals surface area contributed by atoms with Gasteiger partial charge in [-0.1, -0.05) is 6.92 Å². The van der Waals surface area contributed by atoms with E-state index in [2.05, 4.69) is 4.72 Å². The zero-order chi connectivity index (χ0) is 11.5. The number of rotatable bonds is 5. The molecule has 84 valence electrons. The average Bonchev–Trinajstić information content (AvgIpc) is 2.50. The van der Waals surface area contributed by atoms with Crippen LogP contribution in [0.15, 0.2) is 11.4 Å². The molecular weight excluding hydrogens is 238 g/mol. The Labute approximate surface area is 91.8 Å². The van der Waals surface area contributed by atoms with E-state index in [1.807, 2.05) is 0 Å². The van der Waals surface area contributed by atoms with E-state index in [0.717, 1.165) is 11.3 Å². The predicted molar refractivity (Wildman–Crippen MR) is 59.0 cm³/mol. The zero-order valence-corrected chi connectivity index (χ0v) is 9.69. The van der Waals surface area contributed by atoms with E-state index in [1.165, 1.54) is 11.4 Å². The van der Waals surface area contributed by atoms with Gasteiger partial charge >= 0.3 is 5.97 Å². The van der Waals surface area contributed by atoms with E-state index in [-0.39, 0.29) is 16.3 Å². The molecule has 0 aliphatic carbocycles. The highest BCUT2D eigenvalue weighted by Crippen LogP contribution is 2.23. The topological polar surface area (TPSA) is 83.5 Å². The number of anilines is 1. The molecule has 1 aromatic rings. The Bertz CT molecular complexity index is 449. The second-order valence-corrected chi connectivity index (χ2v) is 5.65. The molecule has 0 aromatic carbocycles. The predicted octanol–water partition coefficient (Wildman–Crippen LogP) is 1.60. The minimum absolute atomic E-state index is 0.00896. The van der Waals surface area contributed by atoms with Crippen molar-refractivity contribution in [1.82, 2.24) is 0 Å². The van der Waals surface area contributed by atoms with E-state index in [4.69, 9.17) is 5.11 Å². The van der Waals surface area contributed by atoms with Crippen LogP contribution < -0.4 is 4.72 Å². The van der Waals surface area contributed by atoms with Crippen LogP contribution >= 0.6 is 11.3 Å². The highest BCUT2D eigenvalue weighted by Gasteiger charge is 2.16. The molecule has 1 heterocycles. The molecule has 5 nitrogen and oxygen atoms in total. The highest BCUT2D eigenvalue weighted by molar-refractivity contribution is 7.92. The number of aromatic carboxylic acids is 1. The molecule has 2 N–H and O–H groups in total. The Morgan fingerprint density at radius 2 is 2.27 bits per heavy atom. The van der Waals surface area contributed by atoms with Crippen LogP contribution in [0.25, 0.3) is 0 Å². The first-order valence-electron chi connectivity index (χ1n) is 4.27. The van der Waals surface area contributed by atoms with Crippen molar-refractivity contribution in [2.75, 3.05) is 10.5 Å². The molecule has 0 amide bonds. The average molecular weight is 249 g/mol. The molecule has 0 atom stereocenters. The molecule has 0 bridgehead atoms. The second-order valence-electron chi connectivity index (χ2n) is 2.89. The normalized spacial score (nSPS) is 11.3. The summed E-state index contributed by atoms with van der Waals surface area (Å²) in [6, 6.07) is 1.45. The molecule has 0 fully saturated rings. The molecule has 0 saturated carbocycles. The van der Waals surface area contributed by atoms with Crippen molar-refractivity contribution in [2.24, 2.45) is 0 Å². The molecule has 0 aliphatic heterocycles. The summed E-state index contributed by atoms with van der Waals surface area (Å²) >= 11 is 0.990. The number of hydrogen-bond donors (Lipinski definition) is 2. The summed E-state index contributed by atoms with van der Waals surface area (Å²) in [4.78, 5) is 10.7. The van der Waals surface area contributed by atoms with E-state index >= 15 is 0 Å². The van der Waals surface area contributed by atoms with Gasteiger partial charge in [0.25, 0.3) is 0 Å². The number of nitrogens with one attached hydrogen (secondary N) is 1. The molecule has 1 rings (SSSR count). The minimum Gasteiger partial charge on any atom is -0.477 e. The summed E-state index contributed by atoms with van der Waals surface area (Å²) in [5.74, 6) is -1.14. The second kappa shape index (κ2) is 4.63. The SMILES string of the molecule is CCCS(=O)(=O)Nc1ccsc1C(=O)O. The monoisotopic (exact) mass is 249 g/mol.